The van der Waals surface area contributed by atoms with Crippen molar-refractivity contribution in [2.75, 3.05) is 12.9 Å². The maximum Gasteiger partial charge on any atom is 0.228 e. The van der Waals surface area contributed by atoms with Gasteiger partial charge in [-0.2, -0.15) is 0 Å². The Bertz CT molecular complexity index is 1160. The molecule has 2 aromatic carbocycles. The van der Waals surface area contributed by atoms with E-state index < -0.39 is 22.0 Å². The first-order chi connectivity index (χ1) is 15.5. The fourth-order valence-corrected chi connectivity index (χ4v) is 6.21. The van der Waals surface area contributed by atoms with Crippen molar-refractivity contribution in [3.8, 4) is 0 Å². The summed E-state index contributed by atoms with van der Waals surface area (Å²) in [7, 11) is -1.23. The summed E-state index contributed by atoms with van der Waals surface area (Å²) in [6, 6.07) is 20.0. The lowest BCUT2D eigenvalue weighted by atomic mass is 9.64. The van der Waals surface area contributed by atoms with Crippen LogP contribution in [0.4, 0.5) is 0 Å². The van der Waals surface area contributed by atoms with Gasteiger partial charge in [0.25, 0.3) is 0 Å². The van der Waals surface area contributed by atoms with E-state index >= 15 is 0 Å². The minimum atomic E-state index is -1.23. The van der Waals surface area contributed by atoms with Crippen molar-refractivity contribution in [1.82, 2.24) is 3.97 Å². The molecule has 0 radical (unpaired) electrons. The van der Waals surface area contributed by atoms with Gasteiger partial charge in [0.15, 0.2) is 0 Å². The number of ether oxygens (including phenoxy) is 1. The molecule has 1 unspecified atom stereocenters. The highest BCUT2D eigenvalue weighted by molar-refractivity contribution is 7.82. The highest BCUT2D eigenvalue weighted by atomic mass is 32.2. The minimum absolute atomic E-state index is 0.279. The zero-order valence-electron chi connectivity index (χ0n) is 18.5. The number of nitrogens with two attached hydrogens (primary N) is 1. The molecule has 3 aromatic rings. The fraction of sp³-hybridized carbons (Fsp3) is 0.423. The third-order valence-electron chi connectivity index (χ3n) is 7.39. The maximum absolute atomic E-state index is 12.9. The summed E-state index contributed by atoms with van der Waals surface area (Å²) in [4.78, 5) is 12.7. The first-order valence-corrected chi connectivity index (χ1v) is 12.9. The summed E-state index contributed by atoms with van der Waals surface area (Å²) in [5.74, 6) is 0.327. The second kappa shape index (κ2) is 8.16. The zero-order chi connectivity index (χ0) is 22.3. The van der Waals surface area contributed by atoms with E-state index in [1.807, 2.05) is 52.5 Å². The van der Waals surface area contributed by atoms with Gasteiger partial charge in [0.2, 0.25) is 5.91 Å². The fourth-order valence-electron chi connectivity index (χ4n) is 5.28. The van der Waals surface area contributed by atoms with Crippen LogP contribution in [0, 0.1) is 5.92 Å². The Hall–Kier alpha value is -2.44. The molecule has 2 N–H and O–H groups in total. The highest BCUT2D eigenvalue weighted by Gasteiger charge is 2.50. The normalized spacial score (nSPS) is 26.8. The predicted molar refractivity (Wildman–Crippen MR) is 128 cm³/mol. The number of nitrogens with zero attached hydrogens (tertiary/aromatic N) is 1. The van der Waals surface area contributed by atoms with E-state index in [1.54, 1.807) is 6.26 Å². The van der Waals surface area contributed by atoms with Crippen LogP contribution in [0.15, 0.2) is 60.7 Å². The number of hydrogen-bond acceptors (Lipinski definition) is 3. The van der Waals surface area contributed by atoms with Crippen molar-refractivity contribution in [3.63, 3.8) is 0 Å². The molecule has 0 aliphatic heterocycles. The zero-order valence-corrected chi connectivity index (χ0v) is 19.3. The van der Waals surface area contributed by atoms with Gasteiger partial charge < -0.3 is 10.5 Å². The lowest BCUT2D eigenvalue weighted by Crippen LogP contribution is -2.49. The van der Waals surface area contributed by atoms with Gasteiger partial charge in [0.05, 0.1) is 23.2 Å². The van der Waals surface area contributed by atoms with Crippen molar-refractivity contribution in [3.05, 3.63) is 71.9 Å². The molecule has 2 fully saturated rings. The number of para-hydroxylation sites is 1. The average Bonchev–Trinajstić information content (AvgIpc) is 3.55. The number of hydrogen-bond donors (Lipinski definition) is 1. The Kier molecular flexibility index (Phi) is 5.46. The topological polar surface area (TPSA) is 74.3 Å². The van der Waals surface area contributed by atoms with E-state index in [0.29, 0.717) is 38.2 Å². The molecule has 1 aromatic heterocycles. The molecule has 2 aliphatic rings. The van der Waals surface area contributed by atoms with E-state index in [2.05, 4.69) is 12.1 Å². The van der Waals surface area contributed by atoms with Crippen molar-refractivity contribution < 1.29 is 13.7 Å². The van der Waals surface area contributed by atoms with Crippen LogP contribution in [-0.4, -0.2) is 27.0 Å². The number of benzene rings is 2. The predicted octanol–water partition coefficient (Wildman–Crippen LogP) is 4.40. The van der Waals surface area contributed by atoms with Gasteiger partial charge in [-0.3, -0.25) is 8.77 Å². The van der Waals surface area contributed by atoms with Crippen LogP contribution >= 0.6 is 0 Å². The second-order valence-electron chi connectivity index (χ2n) is 9.37. The number of carbonyl (C=O) groups excluding carboxylic acids is 1. The Morgan fingerprint density at radius 3 is 2.34 bits per heavy atom. The summed E-state index contributed by atoms with van der Waals surface area (Å²) in [5, 5.41) is 1.06. The van der Waals surface area contributed by atoms with Gasteiger partial charge in [-0.25, -0.2) is 4.21 Å². The van der Waals surface area contributed by atoms with Gasteiger partial charge in [-0.1, -0.05) is 48.5 Å². The van der Waals surface area contributed by atoms with E-state index in [9.17, 15) is 9.00 Å². The second-order valence-corrected chi connectivity index (χ2v) is 10.6. The molecule has 0 saturated heterocycles. The Balaban J connectivity index is 1.58. The third-order valence-corrected chi connectivity index (χ3v) is 8.30. The Morgan fingerprint density at radius 2 is 1.72 bits per heavy atom. The molecule has 168 valence electrons. The molecule has 1 atom stereocenters. The number of amides is 1. The van der Waals surface area contributed by atoms with Crippen LogP contribution in [0.2, 0.25) is 0 Å². The molecule has 5 nitrogen and oxygen atoms in total. The smallest absolute Gasteiger partial charge is 0.228 e. The molecule has 32 heavy (non-hydrogen) atoms. The van der Waals surface area contributed by atoms with E-state index in [-0.39, 0.29) is 5.91 Å². The van der Waals surface area contributed by atoms with Gasteiger partial charge in [0.1, 0.15) is 16.6 Å². The highest BCUT2D eigenvalue weighted by Crippen LogP contribution is 2.50. The number of carbonyl (C=O) groups is 1. The molecule has 0 bridgehead atoms. The van der Waals surface area contributed by atoms with Crippen molar-refractivity contribution in [2.24, 2.45) is 11.7 Å². The Labute approximate surface area is 191 Å². The number of primary amides is 1. The molecule has 5 rings (SSSR count). The molecule has 0 spiro atoms. The van der Waals surface area contributed by atoms with Crippen LogP contribution in [-0.2, 0) is 31.5 Å². The average molecular weight is 451 g/mol. The van der Waals surface area contributed by atoms with E-state index in [1.165, 1.54) is 12.8 Å². The SMILES string of the molecule is CS(=O)n1c(C2(OCC3CC3)CCC(C(N)=O)(c3ccccc3)CC2)cc2ccccc21. The van der Waals surface area contributed by atoms with Crippen LogP contribution in [0.1, 0.15) is 49.8 Å². The number of fused-ring (bicyclic) bond motifs is 1. The van der Waals surface area contributed by atoms with Crippen LogP contribution in [0.25, 0.3) is 10.9 Å². The first-order valence-electron chi connectivity index (χ1n) is 11.4. The van der Waals surface area contributed by atoms with E-state index in [4.69, 9.17) is 10.5 Å². The van der Waals surface area contributed by atoms with Crippen molar-refractivity contribution in [2.45, 2.75) is 49.5 Å². The van der Waals surface area contributed by atoms with Crippen LogP contribution in [0.3, 0.4) is 0 Å². The standard InChI is InChI=1S/C26H30N2O3S/c1-32(30)28-22-10-6-5-7-20(22)17-23(28)26(31-18-19-11-12-19)15-13-25(14-16-26,24(27)29)21-8-3-2-4-9-21/h2-10,17,19H,11-16,18H2,1H3,(H2,27,29). The molecule has 6 heteroatoms. The summed E-state index contributed by atoms with van der Waals surface area (Å²) >= 11 is 0. The molecular weight excluding hydrogens is 420 g/mol. The lowest BCUT2D eigenvalue weighted by Gasteiger charge is -2.45. The summed E-state index contributed by atoms with van der Waals surface area (Å²) in [6.07, 6.45) is 6.65. The van der Waals surface area contributed by atoms with Crippen molar-refractivity contribution in [1.29, 1.82) is 0 Å². The van der Waals surface area contributed by atoms with Gasteiger partial charge in [-0.15, -0.1) is 0 Å². The van der Waals surface area contributed by atoms with Gasteiger partial charge in [0, 0.05) is 11.6 Å². The van der Waals surface area contributed by atoms with Gasteiger partial charge in [-0.05, 0) is 62.1 Å². The molecule has 1 heterocycles. The summed E-state index contributed by atoms with van der Waals surface area (Å²) in [5.41, 5.74) is 7.60. The number of rotatable bonds is 7. The van der Waals surface area contributed by atoms with E-state index in [0.717, 1.165) is 22.2 Å². The lowest BCUT2D eigenvalue weighted by molar-refractivity contribution is -0.132. The molecule has 2 aliphatic carbocycles. The molecular formula is C26H30N2O3S. The Morgan fingerprint density at radius 1 is 1.06 bits per heavy atom. The molecule has 1 amide bonds. The summed E-state index contributed by atoms with van der Waals surface area (Å²) < 4.78 is 21.5. The number of aromatic nitrogens is 1. The minimum Gasteiger partial charge on any atom is -0.369 e. The first kappa shape index (κ1) is 21.4. The third kappa shape index (κ3) is 3.59. The van der Waals surface area contributed by atoms with Gasteiger partial charge >= 0.3 is 0 Å². The molecule has 2 saturated carbocycles. The summed E-state index contributed by atoms with van der Waals surface area (Å²) in [6.45, 7) is 0.701. The van der Waals surface area contributed by atoms with Crippen LogP contribution < -0.4 is 5.73 Å². The van der Waals surface area contributed by atoms with Crippen LogP contribution in [0.5, 0.6) is 0 Å². The monoisotopic (exact) mass is 450 g/mol. The quantitative estimate of drug-likeness (QED) is 0.580. The largest absolute Gasteiger partial charge is 0.369 e. The maximum atomic E-state index is 12.9. The van der Waals surface area contributed by atoms with Crippen molar-refractivity contribution >= 4 is 27.8 Å².